The summed E-state index contributed by atoms with van der Waals surface area (Å²) < 4.78 is 16.2. The Balaban J connectivity index is 0. The summed E-state index contributed by atoms with van der Waals surface area (Å²) in [6.45, 7) is 7.10. The van der Waals surface area contributed by atoms with Crippen LogP contribution in [0.25, 0.3) is 0 Å². The second-order valence-corrected chi connectivity index (χ2v) is 2.69. The van der Waals surface area contributed by atoms with Crippen LogP contribution in [0.2, 0.25) is 0 Å². The van der Waals surface area contributed by atoms with Gasteiger partial charge in [-0.1, -0.05) is 0 Å². The van der Waals surface area contributed by atoms with Crippen LogP contribution in [0, 0.1) is 0 Å². The van der Waals surface area contributed by atoms with Crippen molar-refractivity contribution < 1.29 is 44.8 Å². The maximum Gasteiger partial charge on any atom is 0.283 e. The number of hydrogen-bond acceptors (Lipinski definition) is 4. The quantitative estimate of drug-likeness (QED) is 0.346. The molecule has 0 aromatic heterocycles. The van der Waals surface area contributed by atoms with E-state index in [-0.39, 0.29) is 25.8 Å². The van der Waals surface area contributed by atoms with Gasteiger partial charge in [0, 0.05) is 58.5 Å². The van der Waals surface area contributed by atoms with Crippen LogP contribution in [0.5, 0.6) is 0 Å². The van der Waals surface area contributed by atoms with Crippen LogP contribution >= 0.6 is 0 Å². The summed E-state index contributed by atoms with van der Waals surface area (Å²) in [6.07, 6.45) is 1.65. The van der Waals surface area contributed by atoms with E-state index in [1.54, 1.807) is 0 Å². The number of rotatable bonds is 9. The SMILES string of the molecule is CCOC(CCC=O)(OCC)OCC.[Hf]. The first-order chi connectivity index (χ1) is 6.74. The molecule has 15 heavy (non-hydrogen) atoms. The Labute approximate surface area is 110 Å². The molecular formula is C10H20HfO4. The predicted molar refractivity (Wildman–Crippen MR) is 52.9 cm³/mol. The molecule has 0 rings (SSSR count). The average molecular weight is 383 g/mol. The minimum atomic E-state index is -1.03. The van der Waals surface area contributed by atoms with Gasteiger partial charge in [0.1, 0.15) is 6.29 Å². The fraction of sp³-hybridized carbons (Fsp3) is 0.900. The molecule has 0 spiro atoms. The van der Waals surface area contributed by atoms with Crippen molar-refractivity contribution in [2.45, 2.75) is 39.6 Å². The minimum Gasteiger partial charge on any atom is -0.328 e. The molecule has 0 saturated heterocycles. The average Bonchev–Trinajstić information content (AvgIpc) is 2.16. The second kappa shape index (κ2) is 10.9. The summed E-state index contributed by atoms with van der Waals surface area (Å²) in [4.78, 5) is 10.3. The summed E-state index contributed by atoms with van der Waals surface area (Å²) >= 11 is 0. The van der Waals surface area contributed by atoms with E-state index >= 15 is 0 Å². The molecule has 0 fully saturated rings. The van der Waals surface area contributed by atoms with Crippen LogP contribution in [0.15, 0.2) is 0 Å². The largest absolute Gasteiger partial charge is 0.328 e. The number of ether oxygens (including phenoxy) is 3. The van der Waals surface area contributed by atoms with Crippen molar-refractivity contribution in [2.24, 2.45) is 0 Å². The number of carbonyl (C=O) groups is 1. The zero-order chi connectivity index (χ0) is 10.9. The minimum absolute atomic E-state index is 0. The molecule has 88 valence electrons. The molecular weight excluding hydrogens is 363 g/mol. The molecule has 0 atom stereocenters. The Kier molecular flexibility index (Phi) is 13.0. The van der Waals surface area contributed by atoms with Crippen LogP contribution < -0.4 is 0 Å². The number of carbonyl (C=O) groups excluding carboxylic acids is 1. The topological polar surface area (TPSA) is 44.8 Å². The van der Waals surface area contributed by atoms with Crippen molar-refractivity contribution in [1.82, 2.24) is 0 Å². The molecule has 0 aliphatic heterocycles. The maximum absolute atomic E-state index is 10.3. The maximum atomic E-state index is 10.3. The van der Waals surface area contributed by atoms with Gasteiger partial charge in [0.05, 0.1) is 0 Å². The Bertz CT molecular complexity index is 135. The van der Waals surface area contributed by atoms with Gasteiger partial charge in [-0.15, -0.1) is 0 Å². The van der Waals surface area contributed by atoms with E-state index in [2.05, 4.69) is 0 Å². The van der Waals surface area contributed by atoms with Gasteiger partial charge >= 0.3 is 0 Å². The summed E-state index contributed by atoms with van der Waals surface area (Å²) in [5, 5.41) is 0. The van der Waals surface area contributed by atoms with E-state index in [1.165, 1.54) is 0 Å². The number of hydrogen-bond donors (Lipinski definition) is 0. The fourth-order valence-electron chi connectivity index (χ4n) is 1.24. The summed E-state index contributed by atoms with van der Waals surface area (Å²) in [5.41, 5.74) is 0. The molecule has 4 nitrogen and oxygen atoms in total. The normalized spacial score (nSPS) is 10.9. The molecule has 0 unspecified atom stereocenters. The van der Waals surface area contributed by atoms with E-state index in [1.807, 2.05) is 20.8 Å². The number of aldehydes is 1. The molecule has 0 heterocycles. The van der Waals surface area contributed by atoms with Gasteiger partial charge < -0.3 is 19.0 Å². The first-order valence-corrected chi connectivity index (χ1v) is 5.10. The van der Waals surface area contributed by atoms with E-state index in [9.17, 15) is 4.79 Å². The molecule has 0 aliphatic carbocycles. The van der Waals surface area contributed by atoms with Crippen LogP contribution in [0.1, 0.15) is 33.6 Å². The summed E-state index contributed by atoms with van der Waals surface area (Å²) in [6, 6.07) is 0. The van der Waals surface area contributed by atoms with Gasteiger partial charge in [0.15, 0.2) is 0 Å². The fourth-order valence-corrected chi connectivity index (χ4v) is 1.24. The molecule has 0 radical (unpaired) electrons. The molecule has 0 amide bonds. The van der Waals surface area contributed by atoms with Gasteiger partial charge in [0.2, 0.25) is 0 Å². The van der Waals surface area contributed by atoms with Crippen molar-refractivity contribution in [3.8, 4) is 0 Å². The van der Waals surface area contributed by atoms with Crippen molar-refractivity contribution in [1.29, 1.82) is 0 Å². The van der Waals surface area contributed by atoms with Crippen molar-refractivity contribution >= 4 is 6.29 Å². The van der Waals surface area contributed by atoms with Gasteiger partial charge in [-0.3, -0.25) is 0 Å². The van der Waals surface area contributed by atoms with Gasteiger partial charge in [-0.05, 0) is 20.8 Å². The first kappa shape index (κ1) is 17.8. The van der Waals surface area contributed by atoms with Gasteiger partial charge in [0.25, 0.3) is 5.97 Å². The molecule has 0 saturated carbocycles. The third-order valence-electron chi connectivity index (χ3n) is 1.66. The first-order valence-electron chi connectivity index (χ1n) is 5.10. The third-order valence-corrected chi connectivity index (χ3v) is 1.66. The predicted octanol–water partition coefficient (Wildman–Crippen LogP) is 1.73. The Hall–Kier alpha value is 0.420. The van der Waals surface area contributed by atoms with Gasteiger partial charge in [-0.25, -0.2) is 0 Å². The molecule has 5 heteroatoms. The van der Waals surface area contributed by atoms with Crippen LogP contribution in [-0.2, 0) is 44.8 Å². The molecule has 0 bridgehead atoms. The van der Waals surface area contributed by atoms with E-state index in [0.29, 0.717) is 32.7 Å². The second-order valence-electron chi connectivity index (χ2n) is 2.69. The van der Waals surface area contributed by atoms with Crippen molar-refractivity contribution in [3.63, 3.8) is 0 Å². The summed E-state index contributed by atoms with van der Waals surface area (Å²) in [5.74, 6) is -1.03. The van der Waals surface area contributed by atoms with Crippen LogP contribution in [-0.4, -0.2) is 32.1 Å². The molecule has 0 N–H and O–H groups in total. The molecule has 0 aromatic carbocycles. The zero-order valence-corrected chi connectivity index (χ0v) is 13.3. The van der Waals surface area contributed by atoms with E-state index in [0.717, 1.165) is 6.29 Å². The summed E-state index contributed by atoms with van der Waals surface area (Å²) in [7, 11) is 0. The zero-order valence-electron chi connectivity index (χ0n) is 9.75. The standard InChI is InChI=1S/C10H20O4.Hf/c1-4-12-10(13-5-2,14-6-3)8-7-9-11;/h9H,4-8H2,1-3H3;. The molecule has 0 aromatic rings. The van der Waals surface area contributed by atoms with Crippen molar-refractivity contribution in [2.75, 3.05) is 19.8 Å². The Morgan fingerprint density at radius 3 is 1.67 bits per heavy atom. The smallest absolute Gasteiger partial charge is 0.283 e. The van der Waals surface area contributed by atoms with Crippen molar-refractivity contribution in [3.05, 3.63) is 0 Å². The van der Waals surface area contributed by atoms with E-state index in [4.69, 9.17) is 14.2 Å². The van der Waals surface area contributed by atoms with Crippen LogP contribution in [0.4, 0.5) is 0 Å². The third kappa shape index (κ3) is 7.33. The molecule has 0 aliphatic rings. The van der Waals surface area contributed by atoms with Gasteiger partial charge in [-0.2, -0.15) is 0 Å². The Morgan fingerprint density at radius 1 is 1.00 bits per heavy atom. The van der Waals surface area contributed by atoms with E-state index < -0.39 is 5.97 Å². The Morgan fingerprint density at radius 2 is 1.40 bits per heavy atom. The monoisotopic (exact) mass is 384 g/mol. The van der Waals surface area contributed by atoms with Crippen LogP contribution in [0.3, 0.4) is 0 Å².